The Bertz CT molecular complexity index is 1500. The standard InChI is InChI=1S/C36H51N5O4/c1-7-41-33-11-10-28(40-16-18-44-19-17-40)20-30(33)32(22-36(4,5)24-45-26(3)42)35(41)31-21-29(23-37-34(31)25(2)43-6)39-14-12-38(13-15-39)27-8-9-27/h10-11,20-21,23,25,27H,7-9,12-19,22,24H2,1-6H3. The van der Waals surface area contributed by atoms with Crippen LogP contribution in [0.4, 0.5) is 11.4 Å². The average Bonchev–Trinajstić information content (AvgIpc) is 3.87. The maximum absolute atomic E-state index is 11.8. The van der Waals surface area contributed by atoms with Gasteiger partial charge >= 0.3 is 5.97 Å². The van der Waals surface area contributed by atoms with Gasteiger partial charge in [-0.15, -0.1) is 0 Å². The number of nitrogens with zero attached hydrogens (tertiary/aromatic N) is 5. The summed E-state index contributed by atoms with van der Waals surface area (Å²) >= 11 is 0. The zero-order chi connectivity index (χ0) is 31.7. The molecule has 9 nitrogen and oxygen atoms in total. The van der Waals surface area contributed by atoms with Crippen molar-refractivity contribution in [1.29, 1.82) is 0 Å². The first kappa shape index (κ1) is 31.8. The van der Waals surface area contributed by atoms with Gasteiger partial charge in [0.15, 0.2) is 0 Å². The van der Waals surface area contributed by atoms with Crippen LogP contribution >= 0.6 is 0 Å². The molecule has 0 amide bonds. The highest BCUT2D eigenvalue weighted by Gasteiger charge is 2.33. The van der Waals surface area contributed by atoms with Crippen molar-refractivity contribution < 1.29 is 19.0 Å². The van der Waals surface area contributed by atoms with E-state index in [-0.39, 0.29) is 17.5 Å². The van der Waals surface area contributed by atoms with E-state index >= 15 is 0 Å². The lowest BCUT2D eigenvalue weighted by atomic mass is 9.84. The molecule has 2 aromatic heterocycles. The molecule has 6 rings (SSSR count). The fourth-order valence-corrected chi connectivity index (χ4v) is 7.12. The molecule has 4 heterocycles. The molecule has 0 spiro atoms. The van der Waals surface area contributed by atoms with E-state index in [1.54, 1.807) is 7.11 Å². The summed E-state index contributed by atoms with van der Waals surface area (Å²) in [4.78, 5) is 24.5. The van der Waals surface area contributed by atoms with Crippen LogP contribution in [0.3, 0.4) is 0 Å². The summed E-state index contributed by atoms with van der Waals surface area (Å²) < 4.78 is 19.6. The number of benzene rings is 1. The van der Waals surface area contributed by atoms with Crippen molar-refractivity contribution in [2.45, 2.75) is 72.6 Å². The number of piperazine rings is 1. The van der Waals surface area contributed by atoms with Crippen molar-refractivity contribution >= 4 is 28.2 Å². The summed E-state index contributed by atoms with van der Waals surface area (Å²) in [5.41, 5.74) is 7.84. The van der Waals surface area contributed by atoms with Gasteiger partial charge in [0.25, 0.3) is 0 Å². The molecule has 1 saturated carbocycles. The third kappa shape index (κ3) is 6.86. The second-order valence-corrected chi connectivity index (χ2v) is 13.8. The minimum Gasteiger partial charge on any atom is -0.465 e. The van der Waals surface area contributed by atoms with Gasteiger partial charge in [0.1, 0.15) is 0 Å². The number of rotatable bonds is 11. The molecule has 1 atom stereocenters. The number of methoxy groups -OCH3 is 1. The quantitative estimate of drug-likeness (QED) is 0.255. The van der Waals surface area contributed by atoms with E-state index in [4.69, 9.17) is 19.2 Å². The molecular weight excluding hydrogens is 566 g/mol. The fourth-order valence-electron chi connectivity index (χ4n) is 7.12. The van der Waals surface area contributed by atoms with Gasteiger partial charge < -0.3 is 28.6 Å². The number of aryl methyl sites for hydroxylation is 1. The number of ether oxygens (including phenoxy) is 3. The Morgan fingerprint density at radius 1 is 1.04 bits per heavy atom. The van der Waals surface area contributed by atoms with Crippen molar-refractivity contribution in [1.82, 2.24) is 14.5 Å². The number of carbonyl (C=O) groups is 1. The second kappa shape index (κ2) is 13.3. The van der Waals surface area contributed by atoms with E-state index in [2.05, 4.69) is 71.2 Å². The first-order chi connectivity index (χ1) is 21.7. The lowest BCUT2D eigenvalue weighted by Crippen LogP contribution is -2.47. The Morgan fingerprint density at radius 3 is 2.40 bits per heavy atom. The first-order valence-corrected chi connectivity index (χ1v) is 16.8. The molecule has 244 valence electrons. The van der Waals surface area contributed by atoms with Crippen molar-refractivity contribution in [2.75, 3.05) is 76.0 Å². The minimum absolute atomic E-state index is 0.171. The molecule has 0 N–H and O–H groups in total. The van der Waals surface area contributed by atoms with Crippen LogP contribution < -0.4 is 9.80 Å². The molecule has 3 aliphatic rings. The van der Waals surface area contributed by atoms with Gasteiger partial charge in [-0.25, -0.2) is 0 Å². The number of aromatic nitrogens is 2. The highest BCUT2D eigenvalue weighted by Crippen LogP contribution is 2.43. The van der Waals surface area contributed by atoms with Crippen LogP contribution in [0.25, 0.3) is 22.2 Å². The van der Waals surface area contributed by atoms with Gasteiger partial charge in [0.2, 0.25) is 0 Å². The van der Waals surface area contributed by atoms with E-state index in [0.717, 1.165) is 82.7 Å². The zero-order valence-corrected chi connectivity index (χ0v) is 28.1. The summed E-state index contributed by atoms with van der Waals surface area (Å²) in [7, 11) is 1.76. The van der Waals surface area contributed by atoms with Crippen LogP contribution in [0.2, 0.25) is 0 Å². The van der Waals surface area contributed by atoms with Crippen molar-refractivity contribution in [3.8, 4) is 11.3 Å². The third-order valence-corrected chi connectivity index (χ3v) is 9.81. The van der Waals surface area contributed by atoms with E-state index < -0.39 is 0 Å². The summed E-state index contributed by atoms with van der Waals surface area (Å²) in [5, 5.41) is 1.24. The molecule has 3 aromatic rings. The Hall–Kier alpha value is -3.14. The van der Waals surface area contributed by atoms with Crippen LogP contribution in [0.15, 0.2) is 30.5 Å². The van der Waals surface area contributed by atoms with Gasteiger partial charge in [-0.2, -0.15) is 0 Å². The predicted octanol–water partition coefficient (Wildman–Crippen LogP) is 5.68. The highest BCUT2D eigenvalue weighted by atomic mass is 16.5. The molecule has 2 aliphatic heterocycles. The molecule has 3 fully saturated rings. The topological polar surface area (TPSA) is 72.3 Å². The van der Waals surface area contributed by atoms with Crippen LogP contribution in [-0.4, -0.2) is 92.7 Å². The SMILES string of the molecule is CCn1c(-c2cc(N3CCN(C4CC4)CC3)cnc2C(C)OC)c(CC(C)(C)COC(C)=O)c2cc(N3CCOCC3)ccc21. The Balaban J connectivity index is 1.50. The molecular formula is C36H51N5O4. The van der Waals surface area contributed by atoms with Crippen molar-refractivity contribution in [3.05, 3.63) is 41.7 Å². The molecule has 1 aromatic carbocycles. The lowest BCUT2D eigenvalue weighted by Gasteiger charge is -2.36. The molecule has 1 unspecified atom stereocenters. The molecule has 2 saturated heterocycles. The average molecular weight is 618 g/mol. The van der Waals surface area contributed by atoms with E-state index in [0.29, 0.717) is 6.61 Å². The Labute approximate surface area is 268 Å². The lowest BCUT2D eigenvalue weighted by molar-refractivity contribution is -0.143. The highest BCUT2D eigenvalue weighted by molar-refractivity contribution is 5.95. The summed E-state index contributed by atoms with van der Waals surface area (Å²) in [6.45, 7) is 18.8. The van der Waals surface area contributed by atoms with E-state index in [9.17, 15) is 4.79 Å². The van der Waals surface area contributed by atoms with Crippen LogP contribution in [-0.2, 0) is 32.0 Å². The molecule has 0 radical (unpaired) electrons. The summed E-state index contributed by atoms with van der Waals surface area (Å²) in [6, 6.07) is 10.1. The zero-order valence-electron chi connectivity index (χ0n) is 28.1. The number of morpholine rings is 1. The first-order valence-electron chi connectivity index (χ1n) is 16.8. The molecule has 1 aliphatic carbocycles. The number of anilines is 2. The van der Waals surface area contributed by atoms with Gasteiger partial charge in [-0.1, -0.05) is 13.8 Å². The number of hydrogen-bond donors (Lipinski definition) is 0. The predicted molar refractivity (Wildman–Crippen MR) is 180 cm³/mol. The Kier molecular flexibility index (Phi) is 9.41. The van der Waals surface area contributed by atoms with E-state index in [1.165, 1.54) is 53.3 Å². The molecule has 9 heteroatoms. The van der Waals surface area contributed by atoms with Gasteiger partial charge in [-0.05, 0) is 62.9 Å². The van der Waals surface area contributed by atoms with Crippen molar-refractivity contribution in [3.63, 3.8) is 0 Å². The number of carbonyl (C=O) groups excluding carboxylic acids is 1. The Morgan fingerprint density at radius 2 is 1.76 bits per heavy atom. The summed E-state index contributed by atoms with van der Waals surface area (Å²) in [6.07, 6.45) is 5.31. The monoisotopic (exact) mass is 617 g/mol. The van der Waals surface area contributed by atoms with Crippen LogP contribution in [0.5, 0.6) is 0 Å². The molecule has 45 heavy (non-hydrogen) atoms. The smallest absolute Gasteiger partial charge is 0.302 e. The largest absolute Gasteiger partial charge is 0.465 e. The normalized spacial score (nSPS) is 18.9. The van der Waals surface area contributed by atoms with Gasteiger partial charge in [0.05, 0.1) is 49.2 Å². The van der Waals surface area contributed by atoms with Gasteiger partial charge in [0, 0.05) is 93.5 Å². The number of fused-ring (bicyclic) bond motifs is 1. The number of hydrogen-bond acceptors (Lipinski definition) is 8. The molecule has 0 bridgehead atoms. The van der Waals surface area contributed by atoms with Crippen LogP contribution in [0, 0.1) is 5.41 Å². The minimum atomic E-state index is -0.278. The maximum atomic E-state index is 11.8. The fraction of sp³-hybridized carbons (Fsp3) is 0.611. The summed E-state index contributed by atoms with van der Waals surface area (Å²) in [5.74, 6) is -0.247. The second-order valence-electron chi connectivity index (χ2n) is 13.8. The van der Waals surface area contributed by atoms with Crippen LogP contribution in [0.1, 0.15) is 64.8 Å². The van der Waals surface area contributed by atoms with Gasteiger partial charge in [-0.3, -0.25) is 14.7 Å². The maximum Gasteiger partial charge on any atom is 0.302 e. The van der Waals surface area contributed by atoms with Crippen molar-refractivity contribution in [2.24, 2.45) is 5.41 Å². The number of pyridine rings is 1. The third-order valence-electron chi connectivity index (χ3n) is 9.81. The number of esters is 1. The van der Waals surface area contributed by atoms with E-state index in [1.807, 2.05) is 6.20 Å².